The summed E-state index contributed by atoms with van der Waals surface area (Å²) in [6, 6.07) is 36.9. The molecule has 0 aliphatic rings. The van der Waals surface area contributed by atoms with Crippen LogP contribution >= 0.6 is 0 Å². The lowest BCUT2D eigenvalue weighted by atomic mass is 9.98. The van der Waals surface area contributed by atoms with Gasteiger partial charge in [0.2, 0.25) is 0 Å². The normalized spacial score (nSPS) is 10.3. The van der Waals surface area contributed by atoms with Crippen LogP contribution in [-0.4, -0.2) is 0 Å². The molecule has 0 aliphatic carbocycles. The highest BCUT2D eigenvalue weighted by molar-refractivity contribution is 5.86. The number of anilines is 2. The Kier molecular flexibility index (Phi) is 6.63. The summed E-state index contributed by atoms with van der Waals surface area (Å²) in [6.07, 6.45) is 0. The van der Waals surface area contributed by atoms with Gasteiger partial charge in [-0.05, 0) is 48.5 Å². The first-order valence-corrected chi connectivity index (χ1v) is 11.8. The summed E-state index contributed by atoms with van der Waals surface area (Å²) >= 11 is 0. The first-order valence-electron chi connectivity index (χ1n) is 11.8. The number of benzene rings is 5. The Hall–Kier alpha value is -5.72. The fourth-order valence-electron chi connectivity index (χ4n) is 4.30. The first kappa shape index (κ1) is 24.0. The Morgan fingerprint density at radius 3 is 1.37 bits per heavy atom. The Balaban J connectivity index is 1.51. The van der Waals surface area contributed by atoms with E-state index >= 15 is 0 Å². The Labute approximate surface area is 220 Å². The molecule has 5 aromatic carbocycles. The molecule has 0 saturated carbocycles. The third-order valence-electron chi connectivity index (χ3n) is 6.01. The average Bonchev–Trinajstić information content (AvgIpc) is 2.94. The van der Waals surface area contributed by atoms with Gasteiger partial charge in [0.05, 0.1) is 23.3 Å². The number of nitrogen functional groups attached to an aromatic ring is 2. The fourth-order valence-corrected chi connectivity index (χ4v) is 4.30. The van der Waals surface area contributed by atoms with Crippen LogP contribution in [0.1, 0.15) is 11.1 Å². The van der Waals surface area contributed by atoms with Crippen molar-refractivity contribution in [2.75, 3.05) is 11.5 Å². The van der Waals surface area contributed by atoms with Crippen LogP contribution in [0.15, 0.2) is 109 Å². The zero-order chi connectivity index (χ0) is 26.5. The molecule has 0 atom stereocenters. The lowest BCUT2D eigenvalue weighted by molar-refractivity contribution is 0.462. The van der Waals surface area contributed by atoms with E-state index in [1.165, 1.54) is 0 Å². The summed E-state index contributed by atoms with van der Waals surface area (Å²) in [5.41, 5.74) is 17.3. The molecule has 5 rings (SSSR count). The summed E-state index contributed by atoms with van der Waals surface area (Å²) in [7, 11) is 0. The Morgan fingerprint density at radius 1 is 0.500 bits per heavy atom. The first-order chi connectivity index (χ1) is 18.6. The predicted octanol–water partition coefficient (Wildman–Crippen LogP) is 7.51. The van der Waals surface area contributed by atoms with Crippen LogP contribution < -0.4 is 20.9 Å². The zero-order valence-corrected chi connectivity index (χ0v) is 20.3. The number of rotatable bonds is 6. The highest BCUT2D eigenvalue weighted by atomic mass is 16.5. The van der Waals surface area contributed by atoms with Gasteiger partial charge in [-0.1, -0.05) is 54.6 Å². The van der Waals surface area contributed by atoms with Crippen molar-refractivity contribution in [2.24, 2.45) is 0 Å². The van der Waals surface area contributed by atoms with E-state index in [0.29, 0.717) is 67.8 Å². The van der Waals surface area contributed by atoms with Gasteiger partial charge in [0.25, 0.3) is 0 Å². The molecule has 0 radical (unpaired) electrons. The standard InChI is InChI=1S/C32H22N4O2/c33-19-21-8-1-3-12-25(21)31-27(35)14-6-16-29(31)37-23-10-5-11-24(18-23)38-30-17-7-15-28(36)32(30)26-13-4-2-9-22(26)20-34/h1-18H,35-36H2. The molecule has 0 aromatic heterocycles. The maximum atomic E-state index is 9.61. The fraction of sp³-hybridized carbons (Fsp3) is 0. The molecule has 0 heterocycles. The van der Waals surface area contributed by atoms with E-state index in [1.54, 1.807) is 54.6 Å². The second-order valence-corrected chi connectivity index (χ2v) is 8.43. The second-order valence-electron chi connectivity index (χ2n) is 8.43. The van der Waals surface area contributed by atoms with Gasteiger partial charge in [0.15, 0.2) is 0 Å². The Morgan fingerprint density at radius 2 is 0.921 bits per heavy atom. The Bertz CT molecular complexity index is 1610. The molecule has 6 nitrogen and oxygen atoms in total. The van der Waals surface area contributed by atoms with Gasteiger partial charge in [0.1, 0.15) is 23.0 Å². The van der Waals surface area contributed by atoms with Crippen LogP contribution in [-0.2, 0) is 0 Å². The van der Waals surface area contributed by atoms with Crippen molar-refractivity contribution in [1.82, 2.24) is 0 Å². The van der Waals surface area contributed by atoms with Gasteiger partial charge in [0, 0.05) is 39.7 Å². The van der Waals surface area contributed by atoms with Crippen molar-refractivity contribution >= 4 is 11.4 Å². The van der Waals surface area contributed by atoms with Crippen LogP contribution in [0.25, 0.3) is 22.3 Å². The van der Waals surface area contributed by atoms with Crippen molar-refractivity contribution in [3.8, 4) is 57.4 Å². The number of hydrogen-bond donors (Lipinski definition) is 2. The number of hydrogen-bond acceptors (Lipinski definition) is 6. The molecule has 38 heavy (non-hydrogen) atoms. The maximum Gasteiger partial charge on any atom is 0.137 e. The summed E-state index contributed by atoms with van der Waals surface area (Å²) in [4.78, 5) is 0. The van der Waals surface area contributed by atoms with Crippen LogP contribution in [0.2, 0.25) is 0 Å². The van der Waals surface area contributed by atoms with Crippen LogP contribution in [0.4, 0.5) is 11.4 Å². The highest BCUT2D eigenvalue weighted by Crippen LogP contribution is 2.42. The van der Waals surface area contributed by atoms with Gasteiger partial charge in [-0.3, -0.25) is 0 Å². The molecule has 0 saturated heterocycles. The molecular weight excluding hydrogens is 472 g/mol. The van der Waals surface area contributed by atoms with Gasteiger partial charge >= 0.3 is 0 Å². The highest BCUT2D eigenvalue weighted by Gasteiger charge is 2.17. The molecule has 5 aromatic rings. The topological polar surface area (TPSA) is 118 Å². The van der Waals surface area contributed by atoms with Crippen LogP contribution in [0.3, 0.4) is 0 Å². The molecular formula is C32H22N4O2. The van der Waals surface area contributed by atoms with E-state index in [-0.39, 0.29) is 0 Å². The van der Waals surface area contributed by atoms with Gasteiger partial charge in [-0.25, -0.2) is 0 Å². The summed E-state index contributed by atoms with van der Waals surface area (Å²) < 4.78 is 12.5. The zero-order valence-electron chi connectivity index (χ0n) is 20.3. The summed E-state index contributed by atoms with van der Waals surface area (Å²) in [5.74, 6) is 2.06. The summed E-state index contributed by atoms with van der Waals surface area (Å²) in [5, 5.41) is 19.2. The monoisotopic (exact) mass is 494 g/mol. The number of nitrogens with zero attached hydrogens (tertiary/aromatic N) is 2. The van der Waals surface area contributed by atoms with E-state index in [9.17, 15) is 10.5 Å². The SMILES string of the molecule is N#Cc1ccccc1-c1c(N)cccc1Oc1cccc(Oc2cccc(N)c2-c2ccccc2C#N)c1. The van der Waals surface area contributed by atoms with Crippen molar-refractivity contribution < 1.29 is 9.47 Å². The smallest absolute Gasteiger partial charge is 0.137 e. The number of ether oxygens (including phenoxy) is 2. The van der Waals surface area contributed by atoms with Gasteiger partial charge in [-0.2, -0.15) is 10.5 Å². The molecule has 4 N–H and O–H groups in total. The average molecular weight is 495 g/mol. The van der Waals surface area contributed by atoms with Crippen molar-refractivity contribution in [3.63, 3.8) is 0 Å². The molecule has 0 aliphatic heterocycles. The summed E-state index contributed by atoms with van der Waals surface area (Å²) in [6.45, 7) is 0. The quantitative estimate of drug-likeness (QED) is 0.236. The van der Waals surface area contributed by atoms with Crippen LogP contribution in [0.5, 0.6) is 23.0 Å². The van der Waals surface area contributed by atoms with E-state index in [1.807, 2.05) is 54.6 Å². The van der Waals surface area contributed by atoms with Crippen molar-refractivity contribution in [3.05, 3.63) is 120 Å². The maximum absolute atomic E-state index is 9.61. The molecule has 0 spiro atoms. The largest absolute Gasteiger partial charge is 0.457 e. The third-order valence-corrected chi connectivity index (χ3v) is 6.01. The second kappa shape index (κ2) is 10.5. The van der Waals surface area contributed by atoms with Crippen LogP contribution in [0, 0.1) is 22.7 Å². The molecule has 182 valence electrons. The number of nitrogens with two attached hydrogens (primary N) is 2. The molecule has 0 bridgehead atoms. The lowest BCUT2D eigenvalue weighted by Crippen LogP contribution is -1.97. The molecule has 0 amide bonds. The van der Waals surface area contributed by atoms with Gasteiger partial charge < -0.3 is 20.9 Å². The lowest BCUT2D eigenvalue weighted by Gasteiger charge is -2.16. The molecule has 0 unspecified atom stereocenters. The minimum Gasteiger partial charge on any atom is -0.457 e. The molecule has 0 fully saturated rings. The van der Waals surface area contributed by atoms with E-state index in [0.717, 1.165) is 0 Å². The third kappa shape index (κ3) is 4.70. The van der Waals surface area contributed by atoms with Gasteiger partial charge in [-0.15, -0.1) is 0 Å². The van der Waals surface area contributed by atoms with E-state index < -0.39 is 0 Å². The van der Waals surface area contributed by atoms with E-state index in [4.69, 9.17) is 20.9 Å². The predicted molar refractivity (Wildman–Crippen MR) is 149 cm³/mol. The van der Waals surface area contributed by atoms with E-state index in [2.05, 4.69) is 12.1 Å². The minimum atomic E-state index is 0.498. The molecule has 6 heteroatoms. The minimum absolute atomic E-state index is 0.498. The number of nitriles is 2. The van der Waals surface area contributed by atoms with Crippen molar-refractivity contribution in [2.45, 2.75) is 0 Å². The van der Waals surface area contributed by atoms with Crippen molar-refractivity contribution in [1.29, 1.82) is 10.5 Å².